The van der Waals surface area contributed by atoms with Crippen LogP contribution in [0.15, 0.2) is 24.3 Å². The predicted octanol–water partition coefficient (Wildman–Crippen LogP) is 1.70. The van der Waals surface area contributed by atoms with Gasteiger partial charge >= 0.3 is 5.97 Å². The number of amides is 1. The quantitative estimate of drug-likeness (QED) is 0.750. The van der Waals surface area contributed by atoms with E-state index < -0.39 is 17.9 Å². The van der Waals surface area contributed by atoms with Gasteiger partial charge in [-0.3, -0.25) is 4.79 Å². The number of nitrogens with zero attached hydrogens (tertiary/aromatic N) is 4. The summed E-state index contributed by atoms with van der Waals surface area (Å²) in [6, 6.07) is 6.37. The van der Waals surface area contributed by atoms with Crippen LogP contribution in [-0.4, -0.2) is 45.2 Å². The second-order valence-corrected chi connectivity index (χ2v) is 5.98. The highest BCUT2D eigenvalue weighted by molar-refractivity contribution is 6.33. The van der Waals surface area contributed by atoms with Gasteiger partial charge in [0.05, 0.1) is 12.1 Å². The van der Waals surface area contributed by atoms with Crippen LogP contribution < -0.4 is 5.32 Å². The molecule has 9 heteroatoms. The Bertz CT molecular complexity index is 749. The number of ether oxygens (including phenoxy) is 1. The first-order chi connectivity index (χ1) is 12.0. The molecular weight excluding hydrogens is 346 g/mol. The Morgan fingerprint density at radius 1 is 1.36 bits per heavy atom. The molecule has 0 aliphatic carbocycles. The summed E-state index contributed by atoms with van der Waals surface area (Å²) in [5.41, 5.74) is 0.628. The van der Waals surface area contributed by atoms with Gasteiger partial charge in [0.1, 0.15) is 12.6 Å². The number of aromatic nitrogens is 4. The molecular formula is C16H20ClN5O3. The average molecular weight is 366 g/mol. The molecule has 8 nitrogen and oxygen atoms in total. The minimum absolute atomic E-state index is 0.0567. The normalized spacial score (nSPS) is 13.1. The molecule has 0 unspecified atom stereocenters. The van der Waals surface area contributed by atoms with E-state index in [4.69, 9.17) is 16.3 Å². The fraction of sp³-hybridized carbons (Fsp3) is 0.438. The van der Waals surface area contributed by atoms with Crippen LogP contribution in [-0.2, 0) is 20.9 Å². The zero-order valence-electron chi connectivity index (χ0n) is 14.3. The van der Waals surface area contributed by atoms with E-state index in [9.17, 15) is 9.59 Å². The summed E-state index contributed by atoms with van der Waals surface area (Å²) in [5.74, 6) is -0.617. The van der Waals surface area contributed by atoms with Gasteiger partial charge in [0, 0.05) is 5.56 Å². The molecule has 0 aliphatic heterocycles. The van der Waals surface area contributed by atoms with Gasteiger partial charge in [-0.1, -0.05) is 44.0 Å². The van der Waals surface area contributed by atoms with Crippen LogP contribution in [0.3, 0.4) is 0 Å². The molecule has 2 atom stereocenters. The number of hydrogen-bond acceptors (Lipinski definition) is 6. The Balaban J connectivity index is 2.06. The summed E-state index contributed by atoms with van der Waals surface area (Å²) >= 11 is 6.10. The number of carbonyl (C=O) groups is 2. The highest BCUT2D eigenvalue weighted by Crippen LogP contribution is 2.23. The maximum Gasteiger partial charge on any atom is 0.328 e. The number of benzene rings is 1. The van der Waals surface area contributed by atoms with Crippen LogP contribution >= 0.6 is 11.6 Å². The summed E-state index contributed by atoms with van der Waals surface area (Å²) in [6.07, 6.45) is 0.721. The van der Waals surface area contributed by atoms with Gasteiger partial charge in [0.2, 0.25) is 11.7 Å². The number of nitrogens with one attached hydrogen (secondary N) is 1. The second kappa shape index (κ2) is 8.57. The third-order valence-electron chi connectivity index (χ3n) is 3.84. The van der Waals surface area contributed by atoms with Gasteiger partial charge in [-0.2, -0.15) is 4.80 Å². The largest absolute Gasteiger partial charge is 0.467 e. The SMILES string of the molecule is CC[C@H](C)[C@H](NC(=O)Cn1nnc(-c2ccccc2Cl)n1)C(=O)OC. The number of carbonyl (C=O) groups excluding carboxylic acids is 2. The van der Waals surface area contributed by atoms with Crippen LogP contribution in [0.1, 0.15) is 20.3 Å². The number of hydrogen-bond donors (Lipinski definition) is 1. The number of methoxy groups -OCH3 is 1. The van der Waals surface area contributed by atoms with Crippen LogP contribution in [0.4, 0.5) is 0 Å². The Kier molecular flexibility index (Phi) is 6.46. The molecule has 0 saturated heterocycles. The van der Waals surface area contributed by atoms with Crippen LogP contribution in [0.25, 0.3) is 11.4 Å². The smallest absolute Gasteiger partial charge is 0.328 e. The molecule has 2 aromatic rings. The molecule has 2 rings (SSSR count). The van der Waals surface area contributed by atoms with Crippen molar-refractivity contribution < 1.29 is 14.3 Å². The first-order valence-corrected chi connectivity index (χ1v) is 8.24. The lowest BCUT2D eigenvalue weighted by molar-refractivity contribution is -0.146. The molecule has 0 radical (unpaired) electrons. The van der Waals surface area contributed by atoms with Gasteiger partial charge < -0.3 is 10.1 Å². The minimum atomic E-state index is -0.714. The van der Waals surface area contributed by atoms with Crippen molar-refractivity contribution >= 4 is 23.5 Å². The molecule has 0 spiro atoms. The standard InChI is InChI=1S/C16H20ClN5O3/c1-4-10(2)14(16(24)25-3)18-13(23)9-22-20-15(19-21-22)11-7-5-6-8-12(11)17/h5-8,10,14H,4,9H2,1-3H3,(H,18,23)/t10-,14-/m0/s1. The summed E-state index contributed by atoms with van der Waals surface area (Å²) in [7, 11) is 1.29. The first-order valence-electron chi connectivity index (χ1n) is 7.86. The van der Waals surface area contributed by atoms with Crippen LogP contribution in [0, 0.1) is 5.92 Å². The Morgan fingerprint density at radius 3 is 2.72 bits per heavy atom. The lowest BCUT2D eigenvalue weighted by atomic mass is 9.99. The van der Waals surface area contributed by atoms with Crippen molar-refractivity contribution in [3.63, 3.8) is 0 Å². The molecule has 25 heavy (non-hydrogen) atoms. The summed E-state index contributed by atoms with van der Waals surface area (Å²) in [5, 5.41) is 15.1. The van der Waals surface area contributed by atoms with E-state index in [1.807, 2.05) is 19.9 Å². The highest BCUT2D eigenvalue weighted by Gasteiger charge is 2.27. The third kappa shape index (κ3) is 4.76. The van der Waals surface area contributed by atoms with Gasteiger partial charge in [-0.15, -0.1) is 10.2 Å². The Hall–Kier alpha value is -2.48. The molecule has 0 fully saturated rings. The van der Waals surface area contributed by atoms with Crippen LogP contribution in [0.5, 0.6) is 0 Å². The van der Waals surface area contributed by atoms with Crippen molar-refractivity contribution in [1.82, 2.24) is 25.5 Å². The minimum Gasteiger partial charge on any atom is -0.467 e. The molecule has 1 heterocycles. The van der Waals surface area contributed by atoms with Gasteiger partial charge in [0.25, 0.3) is 0 Å². The van der Waals surface area contributed by atoms with Crippen LogP contribution in [0.2, 0.25) is 5.02 Å². The molecule has 1 amide bonds. The number of esters is 1. The second-order valence-electron chi connectivity index (χ2n) is 5.58. The van der Waals surface area contributed by atoms with E-state index in [0.717, 1.165) is 11.2 Å². The molecule has 1 N–H and O–H groups in total. The molecule has 0 bridgehead atoms. The molecule has 1 aromatic heterocycles. The molecule has 0 aliphatic rings. The van der Waals surface area contributed by atoms with Crippen molar-refractivity contribution in [3.05, 3.63) is 29.3 Å². The average Bonchev–Trinajstić information content (AvgIpc) is 3.06. The maximum absolute atomic E-state index is 12.2. The van der Waals surface area contributed by atoms with E-state index in [1.165, 1.54) is 7.11 Å². The van der Waals surface area contributed by atoms with Crippen molar-refractivity contribution in [3.8, 4) is 11.4 Å². The maximum atomic E-state index is 12.2. The monoisotopic (exact) mass is 365 g/mol. The van der Waals surface area contributed by atoms with E-state index >= 15 is 0 Å². The summed E-state index contributed by atoms with van der Waals surface area (Å²) in [6.45, 7) is 3.63. The highest BCUT2D eigenvalue weighted by atomic mass is 35.5. The first kappa shape index (κ1) is 18.9. The zero-order valence-corrected chi connectivity index (χ0v) is 15.0. The van der Waals surface area contributed by atoms with E-state index in [0.29, 0.717) is 16.4 Å². The van der Waals surface area contributed by atoms with Crippen molar-refractivity contribution in [2.75, 3.05) is 7.11 Å². The van der Waals surface area contributed by atoms with Gasteiger partial charge in [-0.25, -0.2) is 4.79 Å². The number of tetrazole rings is 1. The van der Waals surface area contributed by atoms with Gasteiger partial charge in [-0.05, 0) is 23.3 Å². The summed E-state index contributed by atoms with van der Waals surface area (Å²) < 4.78 is 4.74. The Labute approximate surface area is 150 Å². The number of halogens is 1. The fourth-order valence-corrected chi connectivity index (χ4v) is 2.42. The molecule has 134 valence electrons. The van der Waals surface area contributed by atoms with Crippen molar-refractivity contribution in [1.29, 1.82) is 0 Å². The Morgan fingerprint density at radius 2 is 2.08 bits per heavy atom. The number of rotatable bonds is 7. The zero-order chi connectivity index (χ0) is 18.4. The lowest BCUT2D eigenvalue weighted by Gasteiger charge is -2.21. The van der Waals surface area contributed by atoms with E-state index in [1.54, 1.807) is 18.2 Å². The van der Waals surface area contributed by atoms with E-state index in [-0.39, 0.29) is 12.5 Å². The molecule has 1 aromatic carbocycles. The summed E-state index contributed by atoms with van der Waals surface area (Å²) in [4.78, 5) is 25.2. The lowest BCUT2D eigenvalue weighted by Crippen LogP contribution is -2.46. The molecule has 0 saturated carbocycles. The van der Waals surface area contributed by atoms with Crippen molar-refractivity contribution in [2.24, 2.45) is 5.92 Å². The van der Waals surface area contributed by atoms with Gasteiger partial charge in [0.15, 0.2) is 0 Å². The predicted molar refractivity (Wildman–Crippen MR) is 91.7 cm³/mol. The third-order valence-corrected chi connectivity index (χ3v) is 4.17. The fourth-order valence-electron chi connectivity index (χ4n) is 2.20. The van der Waals surface area contributed by atoms with Crippen molar-refractivity contribution in [2.45, 2.75) is 32.9 Å². The van der Waals surface area contributed by atoms with E-state index in [2.05, 4.69) is 20.7 Å². The topological polar surface area (TPSA) is 99.0 Å².